The van der Waals surface area contributed by atoms with Crippen molar-refractivity contribution in [3.63, 3.8) is 0 Å². The molecule has 2 aromatic rings. The number of nitrogens with zero attached hydrogens (tertiary/aromatic N) is 2. The molecule has 0 spiro atoms. The minimum Gasteiger partial charge on any atom is -0.358 e. The summed E-state index contributed by atoms with van der Waals surface area (Å²) in [6, 6.07) is 3.16. The number of rotatable bonds is 2. The normalized spacial score (nSPS) is 18.9. The maximum atomic E-state index is 12.8. The van der Waals surface area contributed by atoms with Crippen molar-refractivity contribution in [2.75, 3.05) is 13.3 Å². The fraction of sp³-hybridized carbons (Fsp3) is 0.467. The van der Waals surface area contributed by atoms with Gasteiger partial charge in [0.05, 0.1) is 15.9 Å². The highest BCUT2D eigenvalue weighted by Crippen LogP contribution is 2.38. The molecule has 2 aromatic heterocycles. The summed E-state index contributed by atoms with van der Waals surface area (Å²) in [5.74, 6) is -1.31. The quantitative estimate of drug-likeness (QED) is 0.814. The molecule has 1 fully saturated rings. The average Bonchev–Trinajstić information content (AvgIpc) is 3.13. The molecule has 5 nitrogen and oxygen atoms in total. The molecule has 1 amide bonds. The molecule has 3 rings (SSSR count). The predicted molar refractivity (Wildman–Crippen MR) is 80.6 cm³/mol. The lowest BCUT2D eigenvalue weighted by Gasteiger charge is -2.30. The Kier molecular flexibility index (Phi) is 4.39. The first-order chi connectivity index (χ1) is 11.3. The Morgan fingerprint density at radius 1 is 1.42 bits per heavy atom. The molecular formula is C15H15F3N2O3S. The number of hydrogen-bond acceptors (Lipinski definition) is 5. The molecule has 1 atom stereocenters. The van der Waals surface area contributed by atoms with Gasteiger partial charge in [-0.1, -0.05) is 5.16 Å². The Hall–Kier alpha value is -1.87. The van der Waals surface area contributed by atoms with Crippen LogP contribution in [0.1, 0.15) is 34.3 Å². The van der Waals surface area contributed by atoms with Gasteiger partial charge in [-0.25, -0.2) is 0 Å². The molecule has 1 aliphatic rings. The van der Waals surface area contributed by atoms with Crippen LogP contribution in [0.5, 0.6) is 0 Å². The van der Waals surface area contributed by atoms with E-state index in [1.807, 2.05) is 6.92 Å². The lowest BCUT2D eigenvalue weighted by Crippen LogP contribution is -2.40. The second-order valence-electron chi connectivity index (χ2n) is 5.61. The number of amides is 1. The number of halogens is 3. The smallest absolute Gasteiger partial charge is 0.358 e. The number of carbonyl (C=O) groups is 1. The summed E-state index contributed by atoms with van der Waals surface area (Å²) in [6.45, 7) is 4.05. The number of hydrogen-bond donors (Lipinski definition) is 0. The van der Waals surface area contributed by atoms with E-state index in [1.54, 1.807) is 17.0 Å². The Morgan fingerprint density at radius 2 is 2.17 bits per heavy atom. The maximum Gasteiger partial charge on any atom is 0.452 e. The van der Waals surface area contributed by atoms with Gasteiger partial charge in [-0.3, -0.25) is 4.79 Å². The van der Waals surface area contributed by atoms with Crippen molar-refractivity contribution in [3.05, 3.63) is 28.3 Å². The third-order valence-electron chi connectivity index (χ3n) is 3.84. The van der Waals surface area contributed by atoms with Gasteiger partial charge in [0.15, 0.2) is 0 Å². The minimum atomic E-state index is -4.59. The van der Waals surface area contributed by atoms with Crippen molar-refractivity contribution in [2.45, 2.75) is 32.5 Å². The first-order valence-corrected chi connectivity index (χ1v) is 8.13. The van der Waals surface area contributed by atoms with Gasteiger partial charge in [-0.15, -0.1) is 11.3 Å². The zero-order valence-corrected chi connectivity index (χ0v) is 13.8. The second-order valence-corrected chi connectivity index (χ2v) is 6.69. The van der Waals surface area contributed by atoms with Gasteiger partial charge in [0.2, 0.25) is 5.76 Å². The minimum absolute atomic E-state index is 0.0847. The van der Waals surface area contributed by atoms with Crippen LogP contribution in [0, 0.1) is 6.92 Å². The van der Waals surface area contributed by atoms with Crippen molar-refractivity contribution >= 4 is 17.2 Å². The van der Waals surface area contributed by atoms with E-state index in [1.165, 1.54) is 6.92 Å². The van der Waals surface area contributed by atoms with Gasteiger partial charge in [0.25, 0.3) is 5.91 Å². The first kappa shape index (κ1) is 17.0. The van der Waals surface area contributed by atoms with Crippen LogP contribution in [0.4, 0.5) is 13.2 Å². The number of aromatic nitrogens is 1. The molecule has 1 aliphatic heterocycles. The van der Waals surface area contributed by atoms with Crippen molar-refractivity contribution in [1.82, 2.24) is 10.1 Å². The largest absolute Gasteiger partial charge is 0.452 e. The lowest BCUT2D eigenvalue weighted by atomic mass is 10.2. The Balaban J connectivity index is 1.81. The van der Waals surface area contributed by atoms with Crippen LogP contribution in [-0.4, -0.2) is 35.3 Å². The topological polar surface area (TPSA) is 55.6 Å². The summed E-state index contributed by atoms with van der Waals surface area (Å²) in [6.07, 6.45) is -3.72. The number of alkyl halides is 3. The zero-order chi connectivity index (χ0) is 17.5. The summed E-state index contributed by atoms with van der Waals surface area (Å²) in [5, 5.41) is 3.51. The lowest BCUT2D eigenvalue weighted by molar-refractivity contribution is -0.156. The van der Waals surface area contributed by atoms with Crippen LogP contribution in [-0.2, 0) is 10.9 Å². The van der Waals surface area contributed by atoms with E-state index in [2.05, 4.69) is 9.68 Å². The Morgan fingerprint density at radius 3 is 2.75 bits per heavy atom. The average molecular weight is 360 g/mol. The van der Waals surface area contributed by atoms with E-state index in [4.69, 9.17) is 4.74 Å². The van der Waals surface area contributed by atoms with E-state index in [-0.39, 0.29) is 30.0 Å². The molecule has 0 aliphatic carbocycles. The molecule has 0 bridgehead atoms. The van der Waals surface area contributed by atoms with Crippen molar-refractivity contribution < 1.29 is 27.2 Å². The fourth-order valence-corrected chi connectivity index (χ4v) is 3.44. The Labute approximate surface area is 140 Å². The fourth-order valence-electron chi connectivity index (χ4n) is 2.43. The van der Waals surface area contributed by atoms with Crippen LogP contribution >= 0.6 is 11.3 Å². The van der Waals surface area contributed by atoms with Gasteiger partial charge < -0.3 is 14.2 Å². The van der Waals surface area contributed by atoms with E-state index in [9.17, 15) is 18.0 Å². The van der Waals surface area contributed by atoms with Crippen molar-refractivity contribution in [2.24, 2.45) is 0 Å². The SMILES string of the molecule is Cc1c(-c2ccc(C(=O)N3CCC(C)OC3)s2)noc1C(F)(F)F. The highest BCUT2D eigenvalue weighted by atomic mass is 32.1. The molecule has 24 heavy (non-hydrogen) atoms. The Bertz CT molecular complexity index is 745. The van der Waals surface area contributed by atoms with Gasteiger partial charge in [-0.05, 0) is 32.4 Å². The van der Waals surface area contributed by atoms with Gasteiger partial charge in [-0.2, -0.15) is 13.2 Å². The van der Waals surface area contributed by atoms with Gasteiger partial charge >= 0.3 is 6.18 Å². The molecule has 0 radical (unpaired) electrons. The van der Waals surface area contributed by atoms with E-state index >= 15 is 0 Å². The van der Waals surface area contributed by atoms with Crippen LogP contribution in [0.25, 0.3) is 10.6 Å². The summed E-state index contributed by atoms with van der Waals surface area (Å²) in [7, 11) is 0. The predicted octanol–water partition coefficient (Wildman–Crippen LogP) is 3.94. The molecule has 1 unspecified atom stereocenters. The van der Waals surface area contributed by atoms with Crippen LogP contribution in [0.2, 0.25) is 0 Å². The van der Waals surface area contributed by atoms with E-state index in [0.717, 1.165) is 17.8 Å². The standard InChI is InChI=1S/C15H15F3N2O3S/c1-8-5-6-20(7-22-8)14(21)11-4-3-10(24-11)12-9(2)13(23-19-12)15(16,17)18/h3-4,8H,5-7H2,1-2H3. The van der Waals surface area contributed by atoms with Crippen LogP contribution in [0.3, 0.4) is 0 Å². The molecule has 0 aromatic carbocycles. The highest BCUT2D eigenvalue weighted by Gasteiger charge is 2.39. The van der Waals surface area contributed by atoms with Crippen LogP contribution in [0.15, 0.2) is 16.7 Å². The highest BCUT2D eigenvalue weighted by molar-refractivity contribution is 7.17. The summed E-state index contributed by atoms with van der Waals surface area (Å²) in [4.78, 5) is 14.9. The maximum absolute atomic E-state index is 12.8. The zero-order valence-electron chi connectivity index (χ0n) is 13.0. The van der Waals surface area contributed by atoms with E-state index in [0.29, 0.717) is 16.3 Å². The monoisotopic (exact) mass is 360 g/mol. The molecule has 130 valence electrons. The van der Waals surface area contributed by atoms with Gasteiger partial charge in [0, 0.05) is 12.1 Å². The number of thiophene rings is 1. The third kappa shape index (κ3) is 3.18. The molecule has 0 N–H and O–H groups in total. The molecule has 9 heteroatoms. The first-order valence-electron chi connectivity index (χ1n) is 7.32. The molecule has 1 saturated heterocycles. The number of carbonyl (C=O) groups excluding carboxylic acids is 1. The van der Waals surface area contributed by atoms with Gasteiger partial charge in [0.1, 0.15) is 12.4 Å². The summed E-state index contributed by atoms with van der Waals surface area (Å²) < 4.78 is 48.2. The molecule has 3 heterocycles. The molecule has 0 saturated carbocycles. The number of ether oxygens (including phenoxy) is 1. The van der Waals surface area contributed by atoms with Crippen LogP contribution < -0.4 is 0 Å². The summed E-state index contributed by atoms with van der Waals surface area (Å²) in [5.41, 5.74) is 0.0216. The van der Waals surface area contributed by atoms with E-state index < -0.39 is 11.9 Å². The van der Waals surface area contributed by atoms with Crippen molar-refractivity contribution in [1.29, 1.82) is 0 Å². The third-order valence-corrected chi connectivity index (χ3v) is 4.92. The summed E-state index contributed by atoms with van der Waals surface area (Å²) >= 11 is 1.09. The second kappa shape index (κ2) is 6.21. The van der Waals surface area contributed by atoms with Crippen molar-refractivity contribution in [3.8, 4) is 10.6 Å². The molecular weight excluding hydrogens is 345 g/mol.